The van der Waals surface area contributed by atoms with Crippen LogP contribution in [0.15, 0.2) is 29.7 Å². The van der Waals surface area contributed by atoms with E-state index in [1.54, 1.807) is 11.7 Å². The fourth-order valence-corrected chi connectivity index (χ4v) is 2.24. The lowest BCUT2D eigenvalue weighted by Crippen LogP contribution is -1.99. The van der Waals surface area contributed by atoms with Crippen molar-refractivity contribution in [3.05, 3.63) is 41.5 Å². The van der Waals surface area contributed by atoms with E-state index < -0.39 is 11.8 Å². The molecular weight excluding hydrogens is 257 g/mol. The molecule has 0 saturated heterocycles. The van der Waals surface area contributed by atoms with Gasteiger partial charge in [-0.15, -0.1) is 0 Å². The van der Waals surface area contributed by atoms with Crippen molar-refractivity contribution < 1.29 is 14.3 Å². The maximum absolute atomic E-state index is 13.2. The van der Waals surface area contributed by atoms with Gasteiger partial charge in [0.25, 0.3) is 0 Å². The van der Waals surface area contributed by atoms with Gasteiger partial charge in [0.15, 0.2) is 5.16 Å². The molecule has 0 spiro atoms. The lowest BCUT2D eigenvalue weighted by molar-refractivity contribution is 0.0696. The number of thioether (sulfide) groups is 1. The largest absolute Gasteiger partial charge is 0.478 e. The first kappa shape index (κ1) is 12.6. The van der Waals surface area contributed by atoms with Crippen molar-refractivity contribution >= 4 is 17.7 Å². The minimum atomic E-state index is -1.14. The molecule has 0 aliphatic rings. The van der Waals surface area contributed by atoms with Crippen LogP contribution in [0.4, 0.5) is 4.39 Å². The van der Waals surface area contributed by atoms with Gasteiger partial charge in [0.1, 0.15) is 12.1 Å². The summed E-state index contributed by atoms with van der Waals surface area (Å²) in [4.78, 5) is 14.8. The Morgan fingerprint density at radius 1 is 1.50 bits per heavy atom. The smallest absolute Gasteiger partial charge is 0.335 e. The van der Waals surface area contributed by atoms with Crippen LogP contribution in [0.3, 0.4) is 0 Å². The number of carbonyl (C=O) groups is 1. The molecule has 18 heavy (non-hydrogen) atoms. The van der Waals surface area contributed by atoms with Gasteiger partial charge in [0.05, 0.1) is 5.56 Å². The van der Waals surface area contributed by atoms with Gasteiger partial charge in [0.2, 0.25) is 0 Å². The maximum atomic E-state index is 13.2. The normalized spacial score (nSPS) is 10.6. The molecule has 0 amide bonds. The van der Waals surface area contributed by atoms with Crippen molar-refractivity contribution in [1.29, 1.82) is 0 Å². The van der Waals surface area contributed by atoms with Crippen LogP contribution < -0.4 is 0 Å². The Labute approximate surface area is 107 Å². The van der Waals surface area contributed by atoms with Crippen molar-refractivity contribution in [2.45, 2.75) is 10.9 Å². The summed E-state index contributed by atoms with van der Waals surface area (Å²) in [6.45, 7) is 0. The molecule has 1 aromatic carbocycles. The number of aryl methyl sites for hydroxylation is 1. The van der Waals surface area contributed by atoms with E-state index in [0.29, 0.717) is 16.5 Å². The third-order valence-corrected chi connectivity index (χ3v) is 3.35. The van der Waals surface area contributed by atoms with Crippen molar-refractivity contribution in [2.75, 3.05) is 0 Å². The molecule has 5 nitrogen and oxygen atoms in total. The maximum Gasteiger partial charge on any atom is 0.335 e. The fourth-order valence-electron chi connectivity index (χ4n) is 1.42. The highest BCUT2D eigenvalue weighted by Crippen LogP contribution is 2.21. The summed E-state index contributed by atoms with van der Waals surface area (Å²) in [5.41, 5.74) is 0.545. The third kappa shape index (κ3) is 2.86. The van der Waals surface area contributed by atoms with Gasteiger partial charge in [-0.05, 0) is 23.8 Å². The molecule has 0 unspecified atom stereocenters. The second kappa shape index (κ2) is 5.18. The summed E-state index contributed by atoms with van der Waals surface area (Å²) in [5, 5.41) is 13.4. The van der Waals surface area contributed by atoms with Crippen LogP contribution in [-0.2, 0) is 12.8 Å². The first-order valence-electron chi connectivity index (χ1n) is 5.06. The predicted octanol–water partition coefficient (Wildman–Crippen LogP) is 1.94. The first-order valence-corrected chi connectivity index (χ1v) is 6.04. The average Bonchev–Trinajstić information content (AvgIpc) is 2.71. The standard InChI is InChI=1S/C11H10FN3O2S/c1-15-11(13-6-14-15)18-5-7-2-8(10(16)17)4-9(12)3-7/h2-4,6H,5H2,1H3,(H,16,17). The zero-order valence-corrected chi connectivity index (χ0v) is 10.3. The van der Waals surface area contributed by atoms with Crippen LogP contribution in [0.25, 0.3) is 0 Å². The van der Waals surface area contributed by atoms with Crippen LogP contribution in [0.2, 0.25) is 0 Å². The van der Waals surface area contributed by atoms with E-state index >= 15 is 0 Å². The SMILES string of the molecule is Cn1ncnc1SCc1cc(F)cc(C(=O)O)c1. The van der Waals surface area contributed by atoms with Gasteiger partial charge in [-0.2, -0.15) is 5.10 Å². The highest BCUT2D eigenvalue weighted by molar-refractivity contribution is 7.98. The summed E-state index contributed by atoms with van der Waals surface area (Å²) in [7, 11) is 1.75. The lowest BCUT2D eigenvalue weighted by atomic mass is 10.1. The number of halogens is 1. The minimum Gasteiger partial charge on any atom is -0.478 e. The van der Waals surface area contributed by atoms with Crippen molar-refractivity contribution in [2.24, 2.45) is 7.05 Å². The Balaban J connectivity index is 2.14. The number of nitrogens with zero attached hydrogens (tertiary/aromatic N) is 3. The van der Waals surface area contributed by atoms with Crippen LogP contribution in [0, 0.1) is 5.82 Å². The molecular formula is C11H10FN3O2S. The van der Waals surface area contributed by atoms with Gasteiger partial charge in [-0.1, -0.05) is 11.8 Å². The van der Waals surface area contributed by atoms with Crippen LogP contribution in [0.5, 0.6) is 0 Å². The first-order chi connectivity index (χ1) is 8.56. The number of carboxylic acid groups (broad SMARTS) is 1. The molecule has 0 saturated carbocycles. The van der Waals surface area contributed by atoms with Gasteiger partial charge in [-0.3, -0.25) is 0 Å². The molecule has 1 heterocycles. The molecule has 7 heteroatoms. The summed E-state index contributed by atoms with van der Waals surface area (Å²) >= 11 is 1.37. The Morgan fingerprint density at radius 3 is 2.89 bits per heavy atom. The Kier molecular flexibility index (Phi) is 3.61. The highest BCUT2D eigenvalue weighted by Gasteiger charge is 2.08. The number of aromatic nitrogens is 3. The molecule has 0 bridgehead atoms. The molecule has 0 atom stereocenters. The fraction of sp³-hybridized carbons (Fsp3) is 0.182. The Hall–Kier alpha value is -1.89. The molecule has 94 valence electrons. The Bertz CT molecular complexity index is 585. The molecule has 1 aromatic heterocycles. The van der Waals surface area contributed by atoms with Crippen molar-refractivity contribution in [3.63, 3.8) is 0 Å². The number of hydrogen-bond donors (Lipinski definition) is 1. The van der Waals surface area contributed by atoms with E-state index in [1.165, 1.54) is 30.2 Å². The number of rotatable bonds is 4. The van der Waals surface area contributed by atoms with Gasteiger partial charge in [-0.25, -0.2) is 18.9 Å². The second-order valence-electron chi connectivity index (χ2n) is 3.61. The van der Waals surface area contributed by atoms with E-state index in [0.717, 1.165) is 6.07 Å². The minimum absolute atomic E-state index is 0.0523. The number of hydrogen-bond acceptors (Lipinski definition) is 4. The third-order valence-electron chi connectivity index (χ3n) is 2.24. The topological polar surface area (TPSA) is 68.0 Å². The number of benzene rings is 1. The second-order valence-corrected chi connectivity index (χ2v) is 4.55. The van der Waals surface area contributed by atoms with E-state index in [4.69, 9.17) is 5.11 Å². The molecule has 2 rings (SSSR count). The molecule has 0 fully saturated rings. The highest BCUT2D eigenvalue weighted by atomic mass is 32.2. The van der Waals surface area contributed by atoms with Crippen molar-refractivity contribution in [1.82, 2.24) is 14.8 Å². The molecule has 2 aromatic rings. The van der Waals surface area contributed by atoms with Crippen LogP contribution in [-0.4, -0.2) is 25.8 Å². The molecule has 1 N–H and O–H groups in total. The summed E-state index contributed by atoms with van der Waals surface area (Å²) in [6.07, 6.45) is 1.43. The van der Waals surface area contributed by atoms with Crippen LogP contribution >= 0.6 is 11.8 Å². The summed E-state index contributed by atoms with van der Waals surface area (Å²) in [5.74, 6) is -1.26. The quantitative estimate of drug-likeness (QED) is 0.857. The van der Waals surface area contributed by atoms with E-state index in [9.17, 15) is 9.18 Å². The Morgan fingerprint density at radius 2 is 2.28 bits per heavy atom. The average molecular weight is 267 g/mol. The summed E-state index contributed by atoms with van der Waals surface area (Å²) in [6, 6.07) is 3.77. The predicted molar refractivity (Wildman–Crippen MR) is 63.9 cm³/mol. The van der Waals surface area contributed by atoms with E-state index in [1.807, 2.05) is 0 Å². The summed E-state index contributed by atoms with van der Waals surface area (Å²) < 4.78 is 14.8. The monoisotopic (exact) mass is 267 g/mol. The van der Waals surface area contributed by atoms with Crippen LogP contribution in [0.1, 0.15) is 15.9 Å². The van der Waals surface area contributed by atoms with Gasteiger partial charge >= 0.3 is 5.97 Å². The van der Waals surface area contributed by atoms with E-state index in [2.05, 4.69) is 10.1 Å². The lowest BCUT2D eigenvalue weighted by Gasteiger charge is -2.03. The van der Waals surface area contributed by atoms with Gasteiger partial charge < -0.3 is 5.11 Å². The molecule has 0 radical (unpaired) electrons. The molecule has 0 aliphatic heterocycles. The number of carboxylic acids is 1. The molecule has 0 aliphatic carbocycles. The van der Waals surface area contributed by atoms with Gasteiger partial charge in [0, 0.05) is 12.8 Å². The zero-order chi connectivity index (χ0) is 13.1. The van der Waals surface area contributed by atoms with E-state index in [-0.39, 0.29) is 5.56 Å². The zero-order valence-electron chi connectivity index (χ0n) is 9.50. The van der Waals surface area contributed by atoms with Crippen molar-refractivity contribution in [3.8, 4) is 0 Å². The number of aromatic carboxylic acids is 1.